The van der Waals surface area contributed by atoms with Gasteiger partial charge in [-0.3, -0.25) is 67.2 Å². The Morgan fingerprint density at radius 3 is 1.93 bits per heavy atom. The predicted octanol–water partition coefficient (Wildman–Crippen LogP) is 5.21. The lowest BCUT2D eigenvalue weighted by Gasteiger charge is -2.47. The summed E-state index contributed by atoms with van der Waals surface area (Å²) in [6.45, 7) is 9.17. The number of aliphatic hydroxyl groups is 7. The van der Waals surface area contributed by atoms with E-state index in [1.807, 2.05) is 13.8 Å². The fourth-order valence-corrected chi connectivity index (χ4v) is 19.0. The predicted molar refractivity (Wildman–Crippen MR) is 508 cm³/mol. The van der Waals surface area contributed by atoms with Gasteiger partial charge in [-0.25, -0.2) is 9.59 Å². The molecule has 1 aliphatic carbocycles. The van der Waals surface area contributed by atoms with E-state index in [1.165, 1.54) is 31.2 Å². The maximum Gasteiger partial charge on any atom is 0.330 e. The molecule has 0 aromatic heterocycles. The molecule has 0 unspecified atom stereocenters. The quantitative estimate of drug-likeness (QED) is 0.0140. The smallest absolute Gasteiger partial charge is 0.330 e. The number of nitrogens with zero attached hydrogens (tertiary/aromatic N) is 1. The zero-order chi connectivity index (χ0) is 105. The number of fused-ring (bicyclic) bond motifs is 15. The Morgan fingerprint density at radius 2 is 1.32 bits per heavy atom. The summed E-state index contributed by atoms with van der Waals surface area (Å²) >= 11 is 14.4. The number of nitrogens with one attached hydrogen (secondary N) is 7. The molecule has 8 aliphatic rings. The molecular formula is C100H118Cl2N10O32. The number of esters is 1. The summed E-state index contributed by atoms with van der Waals surface area (Å²) in [4.78, 5) is 211. The van der Waals surface area contributed by atoms with E-state index in [-0.39, 0.29) is 78.6 Å². The number of hydrogen-bond acceptors (Lipinski definition) is 31. The van der Waals surface area contributed by atoms with Gasteiger partial charge in [-0.1, -0.05) is 114 Å². The average Bonchev–Trinajstić information content (AvgIpc) is 1.08. The van der Waals surface area contributed by atoms with Crippen molar-refractivity contribution in [3.05, 3.63) is 164 Å². The Bertz CT molecular complexity index is 5890. The molecule has 0 spiro atoms. The minimum absolute atomic E-state index is 0.0213. The van der Waals surface area contributed by atoms with E-state index >= 15 is 24.0 Å². The van der Waals surface area contributed by atoms with Gasteiger partial charge in [-0.15, -0.1) is 0 Å². The average molecular weight is 2040 g/mol. The molecule has 42 nitrogen and oxygen atoms in total. The van der Waals surface area contributed by atoms with Crippen LogP contribution in [0.15, 0.2) is 115 Å². The van der Waals surface area contributed by atoms with Crippen LogP contribution >= 0.6 is 23.2 Å². The number of hydrogen-bond donors (Lipinski definition) is 20. The number of benzene rings is 6. The Hall–Kier alpha value is -13.3. The number of carboxylic acid groups (broad SMARTS) is 1. The summed E-state index contributed by atoms with van der Waals surface area (Å²) < 4.78 is 38.7. The van der Waals surface area contributed by atoms with Crippen molar-refractivity contribution >= 4 is 112 Å². The molecule has 2 fully saturated rings. The molecule has 20 atom stereocenters. The van der Waals surface area contributed by atoms with Gasteiger partial charge >= 0.3 is 18.0 Å². The lowest BCUT2D eigenvalue weighted by molar-refractivity contribution is -0.338. The third-order valence-corrected chi connectivity index (χ3v) is 27.0. The minimum Gasteiger partial charge on any atom is -0.508 e. The second-order valence-corrected chi connectivity index (χ2v) is 38.8. The Morgan fingerprint density at radius 1 is 0.674 bits per heavy atom. The zero-order valence-electron chi connectivity index (χ0n) is 79.4. The van der Waals surface area contributed by atoms with E-state index in [0.717, 1.165) is 71.6 Å². The van der Waals surface area contributed by atoms with Crippen LogP contribution in [0.5, 0.6) is 46.0 Å². The first kappa shape index (κ1) is 110. The number of urea groups is 1. The highest BCUT2D eigenvalue weighted by molar-refractivity contribution is 6.32. The highest BCUT2D eigenvalue weighted by atomic mass is 35.5. The molecule has 774 valence electrons. The van der Waals surface area contributed by atoms with Gasteiger partial charge in [0.05, 0.1) is 40.4 Å². The zero-order valence-corrected chi connectivity index (χ0v) is 80.9. The van der Waals surface area contributed by atoms with Gasteiger partial charge in [-0.05, 0) is 145 Å². The topological polar surface area (TPSA) is 673 Å². The maximum absolute atomic E-state index is 16.5. The molecule has 1 saturated carbocycles. The molecule has 7 heterocycles. The summed E-state index contributed by atoms with van der Waals surface area (Å²) in [7, 11) is 0. The van der Waals surface area contributed by atoms with Gasteiger partial charge in [0.1, 0.15) is 96.1 Å². The molecule has 22 N–H and O–H groups in total. The van der Waals surface area contributed by atoms with Crippen LogP contribution < -0.4 is 62.9 Å². The number of ether oxygens (including phenoxy) is 6. The molecule has 7 aliphatic heterocycles. The molecule has 144 heavy (non-hydrogen) atoms. The van der Waals surface area contributed by atoms with Crippen molar-refractivity contribution in [2.45, 2.75) is 242 Å². The van der Waals surface area contributed by atoms with Crippen molar-refractivity contribution in [2.24, 2.45) is 46.5 Å². The molecule has 44 heteroatoms. The lowest BCUT2D eigenvalue weighted by atomic mass is 9.75. The van der Waals surface area contributed by atoms with E-state index in [9.17, 15) is 104 Å². The number of nitrogens with two attached hydrogens (primary N) is 2. The minimum atomic E-state index is -2.31. The number of unbranched alkanes of at least 4 members (excludes halogenated alkanes) is 2. The van der Waals surface area contributed by atoms with Crippen LogP contribution in [0.1, 0.15) is 201 Å². The number of primary amides is 2. The van der Waals surface area contributed by atoms with Crippen LogP contribution in [0, 0.1) is 35.0 Å². The molecule has 6 aromatic rings. The standard InChI is InChI=1S/C100H118Cl2N10O32/c1-7-49(28-45(2)3)92(130)110-83-66(118)33-54(37-73(103)120)93(131)108-81-53-34-70(140-68-22-19-51(85(83)125)31-60(68)101)89(71(35-53)141-69-23-20-52(32-61(69)102)86(126)84-96(134)109-82(97(135)136)59-38-56(114)39-65(117)79(59)58-30-50(18-21-63(58)115)57(40-67(81)119)94(132)111-84)142-72-36-55(43-113)87(127)88(128)90(72)143-78-42-100(6,91(129)98(137)144-78)41-77(124)139-44-48-16-14-47(15-17-48)29-64(116)62(12-11-26-105-99(104)138)106-95(133)80(46(4)5)107-74(121)13-9-8-10-27-112-75(122)24-25-76(112)123/h14-25,30-32,34-35,38-39,45-46,49,54-55,57,62,72,78,80-88,90-91,98,113-115,117,125-129,137H,7-13,26-29,33,36-37,40-44H2,1-6H3,(H2,103,120)(H,106,133)(H,107,121)(H,108,131)(H,109,134)(H,110,130)(H,111,132)(H,135,136)(H3,104,105,138)/t49-,54+,55+,57-,62+,72+,78-,80+,81-,82-,83+,84+,85-,86-,87+,88-,90-,91-,98-,100+/m1/s1. The normalized spacial score (nSPS) is 25.0. The first-order valence-electron chi connectivity index (χ1n) is 47.1. The third kappa shape index (κ3) is 26.6. The van der Waals surface area contributed by atoms with Gasteiger partial charge < -0.3 is 133 Å². The number of halogens is 2. The van der Waals surface area contributed by atoms with Crippen LogP contribution in [0.4, 0.5) is 4.79 Å². The fraction of sp³-hybridized carbons (Fsp3) is 0.470. The maximum atomic E-state index is 16.5. The Balaban J connectivity index is 0.880. The van der Waals surface area contributed by atoms with Crippen LogP contribution in [0.25, 0.3) is 11.1 Å². The summed E-state index contributed by atoms with van der Waals surface area (Å²) in [5.41, 5.74) is 7.51. The number of carboxylic acids is 1. The third-order valence-electron chi connectivity index (χ3n) is 26.4. The van der Waals surface area contributed by atoms with Gasteiger partial charge in [0.25, 0.3) is 11.8 Å². The fourth-order valence-electron chi connectivity index (χ4n) is 18.5. The number of aliphatic carboxylic acids is 1. The number of ketones is 3. The van der Waals surface area contributed by atoms with Crippen molar-refractivity contribution < 1.29 is 157 Å². The second kappa shape index (κ2) is 48.0. The van der Waals surface area contributed by atoms with Crippen LogP contribution in [-0.2, 0) is 94.4 Å². The van der Waals surface area contributed by atoms with Crippen LogP contribution in [0.3, 0.4) is 0 Å². The number of rotatable bonds is 34. The van der Waals surface area contributed by atoms with Crippen molar-refractivity contribution in [3.63, 3.8) is 0 Å². The number of Topliss-reactive ketones (excluding diaryl/α,β-unsaturated/α-hetero) is 3. The number of phenolic OH excluding ortho intramolecular Hbond substituents is 3. The van der Waals surface area contributed by atoms with Gasteiger partial charge in [-0.2, -0.15) is 0 Å². The van der Waals surface area contributed by atoms with Gasteiger partial charge in [0.15, 0.2) is 47.5 Å². The largest absolute Gasteiger partial charge is 0.508 e. The van der Waals surface area contributed by atoms with E-state index in [0.29, 0.717) is 36.8 Å². The van der Waals surface area contributed by atoms with E-state index in [4.69, 9.17) is 63.1 Å². The first-order valence-corrected chi connectivity index (χ1v) is 47.9. The van der Waals surface area contributed by atoms with E-state index in [2.05, 4.69) is 37.2 Å². The van der Waals surface area contributed by atoms with E-state index in [1.54, 1.807) is 45.0 Å². The summed E-state index contributed by atoms with van der Waals surface area (Å²) in [5.74, 6) is -25.0. The summed E-state index contributed by atoms with van der Waals surface area (Å²) in [6, 6.07) is 8.26. The van der Waals surface area contributed by atoms with Crippen LogP contribution in [0.2, 0.25) is 10.0 Å². The second-order valence-electron chi connectivity index (χ2n) is 37.9. The number of phenols is 3. The van der Waals surface area contributed by atoms with Gasteiger partial charge in [0, 0.05) is 110 Å². The van der Waals surface area contributed by atoms with Crippen molar-refractivity contribution in [1.29, 1.82) is 0 Å². The summed E-state index contributed by atoms with van der Waals surface area (Å²) in [5, 5.41) is 146. The molecule has 0 radical (unpaired) electrons. The van der Waals surface area contributed by atoms with Crippen molar-refractivity contribution in [2.75, 3.05) is 19.7 Å². The SMILES string of the molecule is CC[C@H](CC(C)C)C(=O)N[C@H]1C(=O)C[C@@H](CC(N)=O)C(=O)N[C@H]2C(=O)C[C@H]3C(=O)N[C@H](C(=O)N[C@@H](C(=O)O)c4cc(O)cc(O)c4-c4cc3ccc4O)[C@H](O)c3ccc(c(Cl)c3)Oc3cc2cc(c3O[C@H]2C[C@@H](CO)[C@H](O)[C@@H](O)[C@@H]2O[C@H]2C[C@](C)(CC(=O)OCc3ccc(CC(=O)[C@H](CCCNC(N)=O)NC(=O)[C@@H](NC(=O)CCCCCN4C(=O)C=CC4=O)C(C)C)cc3)[C@H](O)[C@H](O)O2)Oc2ccc(cc2Cl)[C@H]1O. The number of carbonyl (C=O) groups is 15. The number of carbonyl (C=O) groups excluding carboxylic acids is 14. The Kier molecular flexibility index (Phi) is 36.5. The molecule has 1 saturated heterocycles. The number of imide groups is 1. The molecular weight excluding hydrogens is 1920 g/mol. The van der Waals surface area contributed by atoms with Crippen LogP contribution in [-0.4, -0.2) is 237 Å². The highest BCUT2D eigenvalue weighted by Crippen LogP contribution is 2.52. The number of aromatic hydroxyl groups is 3. The van der Waals surface area contributed by atoms with E-state index < -0.39 is 334 Å². The van der Waals surface area contributed by atoms with Gasteiger partial charge in [0.2, 0.25) is 47.1 Å². The highest BCUT2D eigenvalue weighted by Gasteiger charge is 2.53. The molecule has 14 rings (SSSR count). The van der Waals surface area contributed by atoms with Crippen molar-refractivity contribution in [1.82, 2.24) is 42.1 Å². The van der Waals surface area contributed by atoms with Crippen molar-refractivity contribution in [3.8, 4) is 57.1 Å². The number of amides is 11. The monoisotopic (exact) mass is 2040 g/mol. The first-order chi connectivity index (χ1) is 68.2. The summed E-state index contributed by atoms with van der Waals surface area (Å²) in [6.07, 6.45) is -18.5. The Labute approximate surface area is 835 Å². The lowest BCUT2D eigenvalue weighted by Crippen LogP contribution is -2.60. The number of aliphatic hydroxyl groups excluding tert-OH is 7. The molecule has 11 amide bonds. The molecule has 6 aromatic carbocycles. The molecule has 11 bridgehead atoms.